The molecule has 0 N–H and O–H groups in total. The Kier molecular flexibility index (Phi) is 7.80. The van der Waals surface area contributed by atoms with Crippen molar-refractivity contribution < 1.29 is 13.6 Å². The fourth-order valence-electron chi connectivity index (χ4n) is 3.89. The molecule has 26 heavy (non-hydrogen) atoms. The molecule has 4 heteroatoms. The van der Waals surface area contributed by atoms with E-state index in [2.05, 4.69) is 6.92 Å². The van der Waals surface area contributed by atoms with Crippen molar-refractivity contribution in [3.05, 3.63) is 41.5 Å². The SMILES string of the molecule is CCCCCC1CCC(c2ccc(N(C)C(=O)C(C)=C(F)F)cc2)CC1. The Balaban J connectivity index is 1.92. The number of halogens is 2. The van der Waals surface area contributed by atoms with E-state index in [9.17, 15) is 13.6 Å². The van der Waals surface area contributed by atoms with Gasteiger partial charge >= 0.3 is 0 Å². The molecule has 1 aromatic rings. The minimum atomic E-state index is -1.92. The van der Waals surface area contributed by atoms with Crippen molar-refractivity contribution in [2.24, 2.45) is 5.92 Å². The van der Waals surface area contributed by atoms with Crippen LogP contribution in [0.25, 0.3) is 0 Å². The summed E-state index contributed by atoms with van der Waals surface area (Å²) < 4.78 is 25.2. The average Bonchev–Trinajstić information content (AvgIpc) is 2.67. The lowest BCUT2D eigenvalue weighted by molar-refractivity contribution is -0.115. The lowest BCUT2D eigenvalue weighted by Crippen LogP contribution is -2.27. The fraction of sp³-hybridized carbons (Fsp3) is 0.591. The summed E-state index contributed by atoms with van der Waals surface area (Å²) in [5, 5.41) is 0. The number of likely N-dealkylation sites (N-methyl/N-ethyl adjacent to an activating group) is 1. The third kappa shape index (κ3) is 5.39. The Morgan fingerprint density at radius 3 is 2.23 bits per heavy atom. The summed E-state index contributed by atoms with van der Waals surface area (Å²) >= 11 is 0. The second-order valence-corrected chi connectivity index (χ2v) is 7.55. The molecule has 1 aromatic carbocycles. The molecule has 0 bridgehead atoms. The Labute approximate surface area is 156 Å². The van der Waals surface area contributed by atoms with E-state index < -0.39 is 17.6 Å². The number of hydrogen-bond donors (Lipinski definition) is 0. The first-order valence-electron chi connectivity index (χ1n) is 9.83. The van der Waals surface area contributed by atoms with E-state index in [-0.39, 0.29) is 0 Å². The maximum Gasteiger partial charge on any atom is 0.278 e. The van der Waals surface area contributed by atoms with Crippen LogP contribution < -0.4 is 4.90 Å². The van der Waals surface area contributed by atoms with Gasteiger partial charge in [0.05, 0.1) is 5.57 Å². The number of unbranched alkanes of at least 4 members (excludes halogenated alkanes) is 2. The van der Waals surface area contributed by atoms with E-state index in [4.69, 9.17) is 0 Å². The number of rotatable bonds is 7. The lowest BCUT2D eigenvalue weighted by atomic mass is 9.77. The Morgan fingerprint density at radius 2 is 1.69 bits per heavy atom. The Morgan fingerprint density at radius 1 is 1.08 bits per heavy atom. The van der Waals surface area contributed by atoms with E-state index >= 15 is 0 Å². The molecule has 0 heterocycles. The van der Waals surface area contributed by atoms with Gasteiger partial charge in [-0.3, -0.25) is 4.79 Å². The summed E-state index contributed by atoms with van der Waals surface area (Å²) in [5.74, 6) is 0.800. The molecule has 1 aliphatic rings. The Hall–Kier alpha value is -1.71. The van der Waals surface area contributed by atoms with Crippen molar-refractivity contribution >= 4 is 11.6 Å². The number of benzene rings is 1. The molecule has 0 aromatic heterocycles. The third-order valence-electron chi connectivity index (χ3n) is 5.72. The van der Waals surface area contributed by atoms with Crippen molar-refractivity contribution in [3.8, 4) is 0 Å². The van der Waals surface area contributed by atoms with Gasteiger partial charge in [-0.2, -0.15) is 8.78 Å². The summed E-state index contributed by atoms with van der Waals surface area (Å²) in [4.78, 5) is 13.3. The van der Waals surface area contributed by atoms with Crippen LogP contribution in [-0.2, 0) is 4.79 Å². The number of carbonyl (C=O) groups is 1. The quantitative estimate of drug-likeness (QED) is 0.391. The van der Waals surface area contributed by atoms with Crippen LogP contribution in [-0.4, -0.2) is 13.0 Å². The topological polar surface area (TPSA) is 20.3 Å². The van der Waals surface area contributed by atoms with Gasteiger partial charge in [0.15, 0.2) is 0 Å². The molecule has 0 spiro atoms. The number of anilines is 1. The van der Waals surface area contributed by atoms with Crippen LogP contribution in [0.1, 0.15) is 76.7 Å². The predicted molar refractivity (Wildman–Crippen MR) is 104 cm³/mol. The summed E-state index contributed by atoms with van der Waals surface area (Å²) in [5.41, 5.74) is 1.44. The molecule has 1 aliphatic carbocycles. The second kappa shape index (κ2) is 9.84. The van der Waals surface area contributed by atoms with Crippen LogP contribution in [0.3, 0.4) is 0 Å². The van der Waals surface area contributed by atoms with Crippen LogP contribution in [0.4, 0.5) is 14.5 Å². The van der Waals surface area contributed by atoms with Crippen molar-refractivity contribution in [1.29, 1.82) is 0 Å². The molecule has 0 atom stereocenters. The van der Waals surface area contributed by atoms with Crippen molar-refractivity contribution in [3.63, 3.8) is 0 Å². The van der Waals surface area contributed by atoms with Crippen molar-refractivity contribution in [2.45, 2.75) is 71.1 Å². The highest BCUT2D eigenvalue weighted by Gasteiger charge is 2.22. The molecule has 2 rings (SSSR count). The first kappa shape index (κ1) is 20.6. The smallest absolute Gasteiger partial charge is 0.278 e. The molecule has 1 amide bonds. The number of hydrogen-bond acceptors (Lipinski definition) is 1. The first-order valence-corrected chi connectivity index (χ1v) is 9.83. The summed E-state index contributed by atoms with van der Waals surface area (Å²) in [6, 6.07) is 7.83. The standard InChI is InChI=1S/C22H31F2NO/c1-4-5-6-7-17-8-10-18(11-9-17)19-12-14-20(15-13-19)25(3)22(26)16(2)21(23)24/h12-15,17-18H,4-11H2,1-3H3. The Bertz CT molecular complexity index is 612. The van der Waals surface area contributed by atoms with Gasteiger partial charge in [-0.15, -0.1) is 0 Å². The third-order valence-corrected chi connectivity index (χ3v) is 5.72. The zero-order valence-corrected chi connectivity index (χ0v) is 16.2. The largest absolute Gasteiger partial charge is 0.312 e. The molecule has 0 saturated heterocycles. The van der Waals surface area contributed by atoms with Crippen LogP contribution in [0, 0.1) is 5.92 Å². The fourth-order valence-corrected chi connectivity index (χ4v) is 3.89. The lowest BCUT2D eigenvalue weighted by Gasteiger charge is -2.29. The van der Waals surface area contributed by atoms with E-state index in [0.29, 0.717) is 11.6 Å². The van der Waals surface area contributed by atoms with Crippen LogP contribution in [0.5, 0.6) is 0 Å². The monoisotopic (exact) mass is 363 g/mol. The molecule has 2 nitrogen and oxygen atoms in total. The van der Waals surface area contributed by atoms with Crippen LogP contribution in [0.2, 0.25) is 0 Å². The molecule has 1 fully saturated rings. The average molecular weight is 363 g/mol. The summed E-state index contributed by atoms with van der Waals surface area (Å²) in [6.45, 7) is 3.40. The molecule has 1 saturated carbocycles. The highest BCUT2D eigenvalue weighted by molar-refractivity contribution is 6.04. The van der Waals surface area contributed by atoms with Gasteiger partial charge in [-0.25, -0.2) is 0 Å². The van der Waals surface area contributed by atoms with Gasteiger partial charge in [-0.05, 0) is 62.1 Å². The second-order valence-electron chi connectivity index (χ2n) is 7.55. The van der Waals surface area contributed by atoms with E-state index in [1.54, 1.807) is 0 Å². The van der Waals surface area contributed by atoms with Crippen molar-refractivity contribution in [1.82, 2.24) is 0 Å². The minimum absolute atomic E-state index is 0.502. The predicted octanol–water partition coefficient (Wildman–Crippen LogP) is 6.67. The van der Waals surface area contributed by atoms with Gasteiger partial charge in [0, 0.05) is 12.7 Å². The normalized spacial score (nSPS) is 19.9. The summed E-state index contributed by atoms with van der Waals surface area (Å²) in [6.07, 6.45) is 8.47. The van der Waals surface area contributed by atoms with E-state index in [1.807, 2.05) is 24.3 Å². The maximum absolute atomic E-state index is 12.6. The van der Waals surface area contributed by atoms with Gasteiger partial charge < -0.3 is 4.90 Å². The maximum atomic E-state index is 12.6. The zero-order chi connectivity index (χ0) is 19.1. The highest BCUT2D eigenvalue weighted by atomic mass is 19.3. The van der Waals surface area contributed by atoms with E-state index in [0.717, 1.165) is 12.8 Å². The number of carbonyl (C=O) groups excluding carboxylic acids is 1. The minimum Gasteiger partial charge on any atom is -0.312 e. The molecular weight excluding hydrogens is 332 g/mol. The first-order chi connectivity index (χ1) is 12.4. The van der Waals surface area contributed by atoms with Crippen molar-refractivity contribution in [2.75, 3.05) is 11.9 Å². The number of nitrogens with zero attached hydrogens (tertiary/aromatic N) is 1. The molecule has 0 aliphatic heterocycles. The molecular formula is C22H31F2NO. The molecule has 0 radical (unpaired) electrons. The van der Waals surface area contributed by atoms with Gasteiger partial charge in [0.1, 0.15) is 0 Å². The molecule has 144 valence electrons. The molecule has 0 unspecified atom stereocenters. The van der Waals surface area contributed by atoms with Crippen LogP contribution in [0.15, 0.2) is 35.9 Å². The highest BCUT2D eigenvalue weighted by Crippen LogP contribution is 2.38. The zero-order valence-electron chi connectivity index (χ0n) is 16.2. The number of amides is 1. The van der Waals surface area contributed by atoms with Crippen LogP contribution >= 0.6 is 0 Å². The van der Waals surface area contributed by atoms with E-state index in [1.165, 1.54) is 68.9 Å². The van der Waals surface area contributed by atoms with Gasteiger partial charge in [-0.1, -0.05) is 44.7 Å². The summed E-state index contributed by atoms with van der Waals surface area (Å²) in [7, 11) is 1.53. The van der Waals surface area contributed by atoms with Gasteiger partial charge in [0.25, 0.3) is 12.0 Å². The van der Waals surface area contributed by atoms with Gasteiger partial charge in [0.2, 0.25) is 0 Å².